The number of nitrogens with zero attached hydrogens (tertiary/aromatic N) is 4. The second kappa shape index (κ2) is 6.11. The molecule has 0 unspecified atom stereocenters. The summed E-state index contributed by atoms with van der Waals surface area (Å²) in [6, 6.07) is 16.2. The van der Waals surface area contributed by atoms with Gasteiger partial charge in [-0.1, -0.05) is 36.4 Å². The van der Waals surface area contributed by atoms with Crippen molar-refractivity contribution in [1.82, 2.24) is 19.9 Å². The molecule has 122 valence electrons. The normalized spacial score (nSPS) is 12.2. The highest BCUT2D eigenvalue weighted by atomic mass is 15.0. The number of hydrogen-bond acceptors (Lipinski definition) is 4. The second-order valence-corrected chi connectivity index (χ2v) is 6.96. The van der Waals surface area contributed by atoms with E-state index in [1.807, 2.05) is 36.4 Å². The molecule has 4 nitrogen and oxygen atoms in total. The van der Waals surface area contributed by atoms with E-state index >= 15 is 0 Å². The molecule has 0 saturated heterocycles. The predicted octanol–water partition coefficient (Wildman–Crippen LogP) is 3.92. The third-order valence-electron chi connectivity index (χ3n) is 4.49. The Balaban J connectivity index is 2.04. The summed E-state index contributed by atoms with van der Waals surface area (Å²) in [7, 11) is 0. The van der Waals surface area contributed by atoms with E-state index in [9.17, 15) is 0 Å². The summed E-state index contributed by atoms with van der Waals surface area (Å²) in [4.78, 5) is 18.2. The third-order valence-corrected chi connectivity index (χ3v) is 4.49. The summed E-state index contributed by atoms with van der Waals surface area (Å²) in [6.45, 7) is 8.44. The van der Waals surface area contributed by atoms with Gasteiger partial charge in [-0.05, 0) is 45.4 Å². The first kappa shape index (κ1) is 16.2. The highest BCUT2D eigenvalue weighted by molar-refractivity contribution is 5.32. The Morgan fingerprint density at radius 1 is 0.667 bits per heavy atom. The lowest BCUT2D eigenvalue weighted by Crippen LogP contribution is -2.28. The molecule has 24 heavy (non-hydrogen) atoms. The van der Waals surface area contributed by atoms with Gasteiger partial charge in [0.15, 0.2) is 0 Å². The minimum absolute atomic E-state index is 0.293. The van der Waals surface area contributed by atoms with Crippen LogP contribution in [0.25, 0.3) is 0 Å². The molecular weight excluding hydrogens is 296 g/mol. The molecule has 3 aromatic rings. The summed E-state index contributed by atoms with van der Waals surface area (Å²) in [5.41, 5.74) is 1.45. The third kappa shape index (κ3) is 2.92. The Labute approximate surface area is 143 Å². The van der Waals surface area contributed by atoms with Crippen molar-refractivity contribution in [3.8, 4) is 0 Å². The van der Waals surface area contributed by atoms with Crippen molar-refractivity contribution in [3.63, 3.8) is 0 Å². The summed E-state index contributed by atoms with van der Waals surface area (Å²) in [5.74, 6) is 1.50. The van der Waals surface area contributed by atoms with Crippen molar-refractivity contribution >= 4 is 0 Å². The van der Waals surface area contributed by atoms with Crippen molar-refractivity contribution in [2.45, 2.75) is 38.5 Å². The molecule has 0 saturated carbocycles. The monoisotopic (exact) mass is 318 g/mol. The lowest BCUT2D eigenvalue weighted by Gasteiger charge is -2.27. The van der Waals surface area contributed by atoms with Crippen molar-refractivity contribution in [2.75, 3.05) is 0 Å². The van der Waals surface area contributed by atoms with Gasteiger partial charge in [0, 0.05) is 11.6 Å². The van der Waals surface area contributed by atoms with Gasteiger partial charge in [-0.25, -0.2) is 15.0 Å². The molecule has 2 heterocycles. The van der Waals surface area contributed by atoms with E-state index in [0.717, 1.165) is 17.3 Å². The molecule has 3 rings (SSSR count). The Hall–Kier alpha value is -2.62. The number of rotatable bonds is 4. The fraction of sp³-hybridized carbons (Fsp3) is 0.300. The Bertz CT molecular complexity index is 745. The number of benzene rings is 1. The summed E-state index contributed by atoms with van der Waals surface area (Å²) in [6.07, 6.45) is 3.40. The van der Waals surface area contributed by atoms with E-state index < -0.39 is 0 Å². The molecule has 0 fully saturated rings. The molecular formula is C20H22N4. The van der Waals surface area contributed by atoms with Crippen LogP contribution in [0.1, 0.15) is 50.6 Å². The maximum absolute atomic E-state index is 4.81. The van der Waals surface area contributed by atoms with Crippen LogP contribution in [0, 0.1) is 0 Å². The lowest BCUT2D eigenvalue weighted by atomic mass is 9.83. The summed E-state index contributed by atoms with van der Waals surface area (Å²) < 4.78 is 0. The van der Waals surface area contributed by atoms with Crippen LogP contribution in [-0.4, -0.2) is 19.9 Å². The Morgan fingerprint density at radius 2 is 1.29 bits per heavy atom. The van der Waals surface area contributed by atoms with Gasteiger partial charge in [0.1, 0.15) is 18.0 Å². The van der Waals surface area contributed by atoms with Gasteiger partial charge in [0.05, 0.1) is 11.1 Å². The fourth-order valence-electron chi connectivity index (χ4n) is 2.73. The number of pyridine rings is 1. The van der Waals surface area contributed by atoms with Crippen LogP contribution in [0.2, 0.25) is 0 Å². The van der Waals surface area contributed by atoms with E-state index in [1.165, 1.54) is 5.56 Å². The van der Waals surface area contributed by atoms with E-state index in [4.69, 9.17) is 4.98 Å². The number of aromatic nitrogens is 4. The molecule has 0 spiro atoms. The van der Waals surface area contributed by atoms with Crippen LogP contribution in [0.3, 0.4) is 0 Å². The minimum Gasteiger partial charge on any atom is -0.260 e. The second-order valence-electron chi connectivity index (χ2n) is 6.96. The molecule has 0 atom stereocenters. The Morgan fingerprint density at radius 3 is 1.92 bits per heavy atom. The molecule has 0 bridgehead atoms. The molecule has 4 heteroatoms. The molecule has 0 aliphatic rings. The van der Waals surface area contributed by atoms with Crippen molar-refractivity contribution in [3.05, 3.63) is 84.0 Å². The van der Waals surface area contributed by atoms with Gasteiger partial charge >= 0.3 is 0 Å². The SMILES string of the molecule is CC(C)(c1ccccc1)c1ncnc(C(C)(C)c2ccccn2)n1. The molecule has 0 N–H and O–H groups in total. The Kier molecular flexibility index (Phi) is 4.14. The van der Waals surface area contributed by atoms with Crippen LogP contribution >= 0.6 is 0 Å². The molecule has 2 aromatic heterocycles. The highest BCUT2D eigenvalue weighted by Gasteiger charge is 2.32. The van der Waals surface area contributed by atoms with Crippen LogP contribution in [0.4, 0.5) is 0 Å². The largest absolute Gasteiger partial charge is 0.260 e. The zero-order valence-corrected chi connectivity index (χ0v) is 14.6. The van der Waals surface area contributed by atoms with E-state index in [-0.39, 0.29) is 10.8 Å². The molecule has 0 radical (unpaired) electrons. The first-order valence-corrected chi connectivity index (χ1v) is 8.09. The van der Waals surface area contributed by atoms with Crippen LogP contribution in [0.5, 0.6) is 0 Å². The van der Waals surface area contributed by atoms with Crippen LogP contribution < -0.4 is 0 Å². The average molecular weight is 318 g/mol. The average Bonchev–Trinajstić information content (AvgIpc) is 2.63. The van der Waals surface area contributed by atoms with Crippen molar-refractivity contribution in [2.24, 2.45) is 0 Å². The molecule has 0 aliphatic heterocycles. The first-order chi connectivity index (χ1) is 11.4. The lowest BCUT2D eigenvalue weighted by molar-refractivity contribution is 0.527. The fourth-order valence-corrected chi connectivity index (χ4v) is 2.73. The van der Waals surface area contributed by atoms with Gasteiger partial charge in [-0.3, -0.25) is 4.98 Å². The molecule has 1 aromatic carbocycles. The van der Waals surface area contributed by atoms with E-state index in [0.29, 0.717) is 0 Å². The van der Waals surface area contributed by atoms with Crippen LogP contribution in [-0.2, 0) is 10.8 Å². The van der Waals surface area contributed by atoms with Gasteiger partial charge in [0.25, 0.3) is 0 Å². The smallest absolute Gasteiger partial charge is 0.143 e. The molecule has 0 amide bonds. The minimum atomic E-state index is -0.383. The van der Waals surface area contributed by atoms with Gasteiger partial charge < -0.3 is 0 Å². The summed E-state index contributed by atoms with van der Waals surface area (Å²) in [5, 5.41) is 0. The highest BCUT2D eigenvalue weighted by Crippen LogP contribution is 2.31. The van der Waals surface area contributed by atoms with Gasteiger partial charge in [-0.15, -0.1) is 0 Å². The van der Waals surface area contributed by atoms with E-state index in [1.54, 1.807) is 12.5 Å². The van der Waals surface area contributed by atoms with Crippen molar-refractivity contribution < 1.29 is 0 Å². The van der Waals surface area contributed by atoms with E-state index in [2.05, 4.69) is 54.8 Å². The summed E-state index contributed by atoms with van der Waals surface area (Å²) >= 11 is 0. The molecule has 0 aliphatic carbocycles. The maximum Gasteiger partial charge on any atom is 0.143 e. The topological polar surface area (TPSA) is 51.6 Å². The van der Waals surface area contributed by atoms with Crippen LogP contribution in [0.15, 0.2) is 61.1 Å². The van der Waals surface area contributed by atoms with Crippen molar-refractivity contribution in [1.29, 1.82) is 0 Å². The van der Waals surface area contributed by atoms with Gasteiger partial charge in [-0.2, -0.15) is 0 Å². The zero-order valence-electron chi connectivity index (χ0n) is 14.6. The quantitative estimate of drug-likeness (QED) is 0.731. The first-order valence-electron chi connectivity index (χ1n) is 8.09. The standard InChI is InChI=1S/C20H22N4/c1-19(2,15-10-6-5-7-11-15)17-22-14-23-18(24-17)20(3,4)16-12-8-9-13-21-16/h5-14H,1-4H3. The zero-order chi connectivity index (χ0) is 17.2. The number of hydrogen-bond donors (Lipinski definition) is 0. The predicted molar refractivity (Wildman–Crippen MR) is 94.8 cm³/mol. The maximum atomic E-state index is 4.81. The van der Waals surface area contributed by atoms with Gasteiger partial charge in [0.2, 0.25) is 0 Å².